The third-order valence-corrected chi connectivity index (χ3v) is 4.57. The van der Waals surface area contributed by atoms with Gasteiger partial charge in [-0.1, -0.05) is 69.4 Å². The molecule has 1 unspecified atom stereocenters. The Bertz CT molecular complexity index is 385. The smallest absolute Gasteiger partial charge is 0.158 e. The lowest BCUT2D eigenvalue weighted by atomic mass is 9.76. The molecule has 0 N–H and O–H groups in total. The van der Waals surface area contributed by atoms with Crippen LogP contribution in [0.5, 0.6) is 0 Å². The Morgan fingerprint density at radius 2 is 1.90 bits per heavy atom. The number of unbranched alkanes of at least 4 members (excludes halogenated alkanes) is 1. The summed E-state index contributed by atoms with van der Waals surface area (Å²) >= 11 is 0. The molecule has 0 heterocycles. The zero-order chi connectivity index (χ0) is 14.2. The third-order valence-electron chi connectivity index (χ3n) is 4.57. The van der Waals surface area contributed by atoms with Gasteiger partial charge in [-0.25, -0.2) is 0 Å². The Balaban J connectivity index is 1.93. The van der Waals surface area contributed by atoms with Gasteiger partial charge < -0.3 is 4.84 Å². The van der Waals surface area contributed by atoms with E-state index in [9.17, 15) is 4.91 Å². The van der Waals surface area contributed by atoms with E-state index >= 15 is 0 Å². The fourth-order valence-electron chi connectivity index (χ4n) is 3.38. The van der Waals surface area contributed by atoms with Gasteiger partial charge in [0.25, 0.3) is 0 Å². The summed E-state index contributed by atoms with van der Waals surface area (Å²) in [7, 11) is 0. The molecule has 1 aliphatic carbocycles. The Morgan fingerprint density at radius 3 is 2.50 bits per heavy atom. The highest BCUT2D eigenvalue weighted by Crippen LogP contribution is 2.40. The van der Waals surface area contributed by atoms with E-state index in [-0.39, 0.29) is 6.10 Å². The molecule has 110 valence electrons. The molecular weight excluding hydrogens is 250 g/mol. The standard InChI is InChI=1S/C17H25NO2/c1-2-3-7-14-10-12-16(13-11-14)17(20-18-19)15-8-5-4-6-9-15/h4-6,8-9,14,16-17H,2-3,7,10-13H2,1H3/t14-,16-,17?. The normalized spacial score (nSPS) is 24.1. The van der Waals surface area contributed by atoms with Crippen LogP contribution >= 0.6 is 0 Å². The number of hydrogen-bond donors (Lipinski definition) is 0. The van der Waals surface area contributed by atoms with Gasteiger partial charge in [-0.3, -0.25) is 0 Å². The molecule has 0 radical (unpaired) electrons. The van der Waals surface area contributed by atoms with E-state index < -0.39 is 0 Å². The molecule has 1 aromatic carbocycles. The quantitative estimate of drug-likeness (QED) is 0.492. The van der Waals surface area contributed by atoms with Crippen LogP contribution < -0.4 is 0 Å². The zero-order valence-corrected chi connectivity index (χ0v) is 12.3. The summed E-state index contributed by atoms with van der Waals surface area (Å²) < 4.78 is 0. The van der Waals surface area contributed by atoms with Crippen molar-refractivity contribution in [3.05, 3.63) is 40.8 Å². The Labute approximate surface area is 121 Å². The highest BCUT2D eigenvalue weighted by molar-refractivity contribution is 5.18. The second-order valence-electron chi connectivity index (χ2n) is 5.93. The molecule has 1 atom stereocenters. The van der Waals surface area contributed by atoms with Crippen LogP contribution in [0.15, 0.2) is 35.7 Å². The monoisotopic (exact) mass is 275 g/mol. The fraction of sp³-hybridized carbons (Fsp3) is 0.647. The molecule has 0 bridgehead atoms. The van der Waals surface area contributed by atoms with Crippen molar-refractivity contribution < 1.29 is 4.84 Å². The maximum absolute atomic E-state index is 10.6. The topological polar surface area (TPSA) is 38.7 Å². The van der Waals surface area contributed by atoms with Crippen LogP contribution in [0.25, 0.3) is 0 Å². The number of rotatable bonds is 7. The van der Waals surface area contributed by atoms with Gasteiger partial charge in [0.05, 0.1) is 0 Å². The van der Waals surface area contributed by atoms with Crippen LogP contribution in [0.3, 0.4) is 0 Å². The summed E-state index contributed by atoms with van der Waals surface area (Å²) in [6.07, 6.45) is 8.61. The van der Waals surface area contributed by atoms with Gasteiger partial charge in [0, 0.05) is 5.92 Å². The van der Waals surface area contributed by atoms with Crippen molar-refractivity contribution in [2.45, 2.75) is 58.0 Å². The summed E-state index contributed by atoms with van der Waals surface area (Å²) in [4.78, 5) is 15.7. The van der Waals surface area contributed by atoms with Crippen molar-refractivity contribution in [2.24, 2.45) is 17.2 Å². The van der Waals surface area contributed by atoms with Crippen molar-refractivity contribution in [1.29, 1.82) is 0 Å². The fourth-order valence-corrected chi connectivity index (χ4v) is 3.38. The molecule has 0 spiro atoms. The molecule has 3 nitrogen and oxygen atoms in total. The van der Waals surface area contributed by atoms with E-state index in [1.54, 1.807) is 0 Å². The Kier molecular flexibility index (Phi) is 6.03. The first-order valence-corrected chi connectivity index (χ1v) is 7.88. The van der Waals surface area contributed by atoms with Crippen LogP contribution in [0.2, 0.25) is 0 Å². The lowest BCUT2D eigenvalue weighted by Gasteiger charge is -2.32. The molecule has 3 heteroatoms. The minimum Gasteiger partial charge on any atom is -0.356 e. The number of hydrogen-bond acceptors (Lipinski definition) is 3. The van der Waals surface area contributed by atoms with Crippen LogP contribution in [0.1, 0.15) is 63.5 Å². The third kappa shape index (κ3) is 4.06. The van der Waals surface area contributed by atoms with Crippen molar-refractivity contribution >= 4 is 0 Å². The molecule has 0 amide bonds. The molecule has 1 fully saturated rings. The molecule has 1 aromatic rings. The maximum Gasteiger partial charge on any atom is 0.158 e. The number of nitrogens with zero attached hydrogens (tertiary/aromatic N) is 1. The van der Waals surface area contributed by atoms with Gasteiger partial charge in [-0.2, -0.15) is 0 Å². The van der Waals surface area contributed by atoms with Crippen molar-refractivity contribution in [3.8, 4) is 0 Å². The van der Waals surface area contributed by atoms with E-state index in [4.69, 9.17) is 4.84 Å². The van der Waals surface area contributed by atoms with E-state index in [0.29, 0.717) is 5.92 Å². The van der Waals surface area contributed by atoms with Crippen molar-refractivity contribution in [2.75, 3.05) is 0 Å². The SMILES string of the molecule is CCCC[C@H]1CC[C@H](C(ON=O)c2ccccc2)CC1. The van der Waals surface area contributed by atoms with Gasteiger partial charge in [0.1, 0.15) is 0 Å². The van der Waals surface area contributed by atoms with Crippen LogP contribution in [0.4, 0.5) is 0 Å². The zero-order valence-electron chi connectivity index (χ0n) is 12.3. The van der Waals surface area contributed by atoms with Crippen LogP contribution in [-0.2, 0) is 4.84 Å². The number of benzene rings is 1. The van der Waals surface area contributed by atoms with Crippen molar-refractivity contribution in [1.82, 2.24) is 0 Å². The lowest BCUT2D eigenvalue weighted by molar-refractivity contribution is -0.00659. The molecule has 20 heavy (non-hydrogen) atoms. The van der Waals surface area contributed by atoms with Gasteiger partial charge in [0.2, 0.25) is 0 Å². The molecule has 1 saturated carbocycles. The summed E-state index contributed by atoms with van der Waals surface area (Å²) in [5, 5.41) is 2.71. The highest BCUT2D eigenvalue weighted by Gasteiger charge is 2.30. The van der Waals surface area contributed by atoms with E-state index in [0.717, 1.165) is 24.3 Å². The molecule has 2 rings (SSSR count). The Morgan fingerprint density at radius 1 is 1.20 bits per heavy atom. The minimum absolute atomic E-state index is 0.166. The lowest BCUT2D eigenvalue weighted by Crippen LogP contribution is -2.21. The predicted molar refractivity (Wildman–Crippen MR) is 81.0 cm³/mol. The second kappa shape index (κ2) is 8.03. The highest BCUT2D eigenvalue weighted by atomic mass is 16.7. The van der Waals surface area contributed by atoms with E-state index in [1.165, 1.54) is 32.1 Å². The first-order valence-electron chi connectivity index (χ1n) is 7.88. The van der Waals surface area contributed by atoms with E-state index in [1.807, 2.05) is 30.3 Å². The van der Waals surface area contributed by atoms with E-state index in [2.05, 4.69) is 12.3 Å². The molecule has 1 aliphatic rings. The summed E-state index contributed by atoms with van der Waals surface area (Å²) in [6, 6.07) is 10.0. The maximum atomic E-state index is 10.6. The van der Waals surface area contributed by atoms with Crippen LogP contribution in [0, 0.1) is 16.7 Å². The molecular formula is C17H25NO2. The first-order chi connectivity index (χ1) is 9.85. The van der Waals surface area contributed by atoms with Gasteiger partial charge in [0.15, 0.2) is 11.4 Å². The molecule has 0 aromatic heterocycles. The van der Waals surface area contributed by atoms with Gasteiger partial charge in [-0.05, 0) is 24.3 Å². The van der Waals surface area contributed by atoms with Crippen LogP contribution in [-0.4, -0.2) is 0 Å². The predicted octanol–water partition coefficient (Wildman–Crippen LogP) is 5.42. The summed E-state index contributed by atoms with van der Waals surface area (Å²) in [6.45, 7) is 2.25. The van der Waals surface area contributed by atoms with Crippen molar-refractivity contribution in [3.63, 3.8) is 0 Å². The minimum atomic E-state index is -0.166. The van der Waals surface area contributed by atoms with Gasteiger partial charge in [-0.15, -0.1) is 4.91 Å². The first kappa shape index (κ1) is 15.0. The average molecular weight is 275 g/mol. The molecule has 0 saturated heterocycles. The second-order valence-corrected chi connectivity index (χ2v) is 5.93. The summed E-state index contributed by atoms with van der Waals surface area (Å²) in [5.41, 5.74) is 1.07. The Hall–Kier alpha value is -1.38. The summed E-state index contributed by atoms with van der Waals surface area (Å²) in [5.74, 6) is 1.29. The van der Waals surface area contributed by atoms with Gasteiger partial charge >= 0.3 is 0 Å². The largest absolute Gasteiger partial charge is 0.356 e. The average Bonchev–Trinajstić information content (AvgIpc) is 2.52. The molecule has 0 aliphatic heterocycles.